The Morgan fingerprint density at radius 3 is 2.33 bits per heavy atom. The molecule has 1 nitrogen and oxygen atoms in total. The molecule has 0 aliphatic heterocycles. The second-order valence-corrected chi connectivity index (χ2v) is 6.19. The summed E-state index contributed by atoms with van der Waals surface area (Å²) in [6.07, 6.45) is 1.45. The van der Waals surface area contributed by atoms with Crippen LogP contribution in [0.15, 0.2) is 24.3 Å². The number of nitrogens with two attached hydrogens (primary N) is 1. The smallest absolute Gasteiger partial charge is 0.330 e. The predicted molar refractivity (Wildman–Crippen MR) is 79.0 cm³/mol. The van der Waals surface area contributed by atoms with E-state index in [-0.39, 0.29) is 0 Å². The van der Waals surface area contributed by atoms with Gasteiger partial charge in [0.2, 0.25) is 0 Å². The van der Waals surface area contributed by atoms with Crippen molar-refractivity contribution < 1.29 is 13.2 Å². The van der Waals surface area contributed by atoms with Crippen molar-refractivity contribution in [2.24, 2.45) is 17.6 Å². The van der Waals surface area contributed by atoms with Crippen LogP contribution in [0, 0.1) is 11.8 Å². The second-order valence-electron chi connectivity index (χ2n) is 6.19. The average Bonchev–Trinajstić information content (AvgIpc) is 2.47. The molecule has 1 saturated carbocycles. The van der Waals surface area contributed by atoms with Gasteiger partial charge in [-0.1, -0.05) is 38.3 Å². The summed E-state index contributed by atoms with van der Waals surface area (Å²) < 4.78 is 37.9. The molecule has 2 rings (SSSR count). The van der Waals surface area contributed by atoms with E-state index in [4.69, 9.17) is 5.73 Å². The quantitative estimate of drug-likeness (QED) is 0.835. The Kier molecular flexibility index (Phi) is 5.31. The molecule has 1 aliphatic carbocycles. The van der Waals surface area contributed by atoms with Gasteiger partial charge in [-0.3, -0.25) is 0 Å². The maximum absolute atomic E-state index is 12.6. The molecule has 3 atom stereocenters. The number of alkyl halides is 3. The normalized spacial score (nSPS) is 26.8. The van der Waals surface area contributed by atoms with Gasteiger partial charge in [0.1, 0.15) is 0 Å². The Hall–Kier alpha value is -1.03. The summed E-state index contributed by atoms with van der Waals surface area (Å²) >= 11 is 0. The molecule has 0 spiro atoms. The lowest BCUT2D eigenvalue weighted by Crippen LogP contribution is -2.29. The Morgan fingerprint density at radius 2 is 1.81 bits per heavy atom. The standard InChI is InChI=1S/C17H24F3N/c1-2-3-12-4-5-14(11-21)16(10-12)13-6-8-15(9-7-13)17(18,19)20/h6-9,12,14,16H,2-5,10-11,21H2,1H3. The zero-order chi connectivity index (χ0) is 15.5. The summed E-state index contributed by atoms with van der Waals surface area (Å²) in [6, 6.07) is 5.69. The molecule has 1 fully saturated rings. The number of hydrogen-bond acceptors (Lipinski definition) is 1. The molecule has 21 heavy (non-hydrogen) atoms. The summed E-state index contributed by atoms with van der Waals surface area (Å²) in [7, 11) is 0. The van der Waals surface area contributed by atoms with Crippen LogP contribution in [0.25, 0.3) is 0 Å². The van der Waals surface area contributed by atoms with Crippen molar-refractivity contribution >= 4 is 0 Å². The Bertz CT molecular complexity index is 438. The van der Waals surface area contributed by atoms with Crippen LogP contribution in [-0.2, 0) is 6.18 Å². The molecule has 0 saturated heterocycles. The fourth-order valence-corrected chi connectivity index (χ4v) is 3.60. The monoisotopic (exact) mass is 299 g/mol. The Morgan fingerprint density at radius 1 is 1.14 bits per heavy atom. The summed E-state index contributed by atoms with van der Waals surface area (Å²) in [6.45, 7) is 2.80. The third-order valence-electron chi connectivity index (χ3n) is 4.77. The van der Waals surface area contributed by atoms with Crippen LogP contribution in [0.3, 0.4) is 0 Å². The molecule has 3 unspecified atom stereocenters. The van der Waals surface area contributed by atoms with Gasteiger partial charge < -0.3 is 5.73 Å². The summed E-state index contributed by atoms with van der Waals surface area (Å²) in [4.78, 5) is 0. The Labute approximate surface area is 124 Å². The second kappa shape index (κ2) is 6.82. The summed E-state index contributed by atoms with van der Waals surface area (Å²) in [5, 5.41) is 0. The molecule has 0 radical (unpaired) electrons. The summed E-state index contributed by atoms with van der Waals surface area (Å²) in [5.41, 5.74) is 6.31. The minimum Gasteiger partial charge on any atom is -0.330 e. The van der Waals surface area contributed by atoms with Gasteiger partial charge in [0.15, 0.2) is 0 Å². The third-order valence-corrected chi connectivity index (χ3v) is 4.77. The number of hydrogen-bond donors (Lipinski definition) is 1. The lowest BCUT2D eigenvalue weighted by Gasteiger charge is -2.36. The first kappa shape index (κ1) is 16.3. The molecule has 1 aromatic rings. The van der Waals surface area contributed by atoms with E-state index >= 15 is 0 Å². The Balaban J connectivity index is 2.16. The molecule has 0 aromatic heterocycles. The third kappa shape index (κ3) is 4.00. The highest BCUT2D eigenvalue weighted by molar-refractivity contribution is 5.28. The highest BCUT2D eigenvalue weighted by Gasteiger charge is 2.33. The maximum Gasteiger partial charge on any atom is 0.416 e. The minimum absolute atomic E-state index is 0.308. The lowest BCUT2D eigenvalue weighted by atomic mass is 9.70. The van der Waals surface area contributed by atoms with Crippen molar-refractivity contribution in [1.82, 2.24) is 0 Å². The van der Waals surface area contributed by atoms with Crippen molar-refractivity contribution in [3.05, 3.63) is 35.4 Å². The van der Waals surface area contributed by atoms with Crippen molar-refractivity contribution in [2.45, 2.75) is 51.1 Å². The van der Waals surface area contributed by atoms with Gasteiger partial charge in [0.25, 0.3) is 0 Å². The van der Waals surface area contributed by atoms with Gasteiger partial charge in [-0.05, 0) is 54.8 Å². The van der Waals surface area contributed by atoms with E-state index in [1.165, 1.54) is 25.0 Å². The molecular weight excluding hydrogens is 275 g/mol. The zero-order valence-corrected chi connectivity index (χ0v) is 12.5. The van der Waals surface area contributed by atoms with Gasteiger partial charge in [-0.25, -0.2) is 0 Å². The first-order valence-corrected chi connectivity index (χ1v) is 7.83. The van der Waals surface area contributed by atoms with E-state index in [1.807, 2.05) is 0 Å². The minimum atomic E-state index is -4.26. The largest absolute Gasteiger partial charge is 0.416 e. The SMILES string of the molecule is CCCC1CCC(CN)C(c2ccc(C(F)(F)F)cc2)C1. The van der Waals surface area contributed by atoms with Crippen LogP contribution in [-0.4, -0.2) is 6.54 Å². The molecule has 4 heteroatoms. The number of benzene rings is 1. The molecule has 118 valence electrons. The maximum atomic E-state index is 12.6. The highest BCUT2D eigenvalue weighted by Crippen LogP contribution is 2.42. The van der Waals surface area contributed by atoms with Gasteiger partial charge in [-0.15, -0.1) is 0 Å². The van der Waals surface area contributed by atoms with Gasteiger partial charge >= 0.3 is 6.18 Å². The van der Waals surface area contributed by atoms with Gasteiger partial charge in [0, 0.05) is 0 Å². The first-order chi connectivity index (χ1) is 9.95. The fraction of sp³-hybridized carbons (Fsp3) is 0.647. The van der Waals surface area contributed by atoms with E-state index < -0.39 is 11.7 Å². The molecule has 1 aliphatic rings. The van der Waals surface area contributed by atoms with E-state index in [1.54, 1.807) is 12.1 Å². The van der Waals surface area contributed by atoms with Crippen LogP contribution in [0.1, 0.15) is 56.1 Å². The molecule has 0 amide bonds. The van der Waals surface area contributed by atoms with Crippen molar-refractivity contribution in [3.63, 3.8) is 0 Å². The van der Waals surface area contributed by atoms with E-state index in [2.05, 4.69) is 6.92 Å². The van der Waals surface area contributed by atoms with Crippen molar-refractivity contribution in [3.8, 4) is 0 Å². The molecule has 1 aromatic carbocycles. The van der Waals surface area contributed by atoms with E-state index in [0.29, 0.717) is 24.3 Å². The molecule has 2 N–H and O–H groups in total. The molecule has 0 heterocycles. The van der Waals surface area contributed by atoms with Crippen molar-refractivity contribution in [2.75, 3.05) is 6.54 Å². The van der Waals surface area contributed by atoms with Gasteiger partial charge in [0.05, 0.1) is 5.56 Å². The van der Waals surface area contributed by atoms with E-state index in [0.717, 1.165) is 24.8 Å². The zero-order valence-electron chi connectivity index (χ0n) is 12.5. The average molecular weight is 299 g/mol. The van der Waals surface area contributed by atoms with Crippen LogP contribution in [0.2, 0.25) is 0 Å². The van der Waals surface area contributed by atoms with Crippen LogP contribution >= 0.6 is 0 Å². The number of rotatable bonds is 4. The first-order valence-electron chi connectivity index (χ1n) is 7.83. The van der Waals surface area contributed by atoms with Crippen LogP contribution < -0.4 is 5.73 Å². The molecular formula is C17H24F3N. The van der Waals surface area contributed by atoms with Crippen molar-refractivity contribution in [1.29, 1.82) is 0 Å². The topological polar surface area (TPSA) is 26.0 Å². The molecule has 0 bridgehead atoms. The highest BCUT2D eigenvalue weighted by atomic mass is 19.4. The summed E-state index contributed by atoms with van der Waals surface area (Å²) in [5.74, 6) is 1.39. The fourth-order valence-electron chi connectivity index (χ4n) is 3.60. The predicted octanol–water partition coefficient (Wildman–Crippen LogP) is 4.96. The van der Waals surface area contributed by atoms with E-state index in [9.17, 15) is 13.2 Å². The number of halogens is 3. The van der Waals surface area contributed by atoms with Crippen LogP contribution in [0.5, 0.6) is 0 Å². The lowest BCUT2D eigenvalue weighted by molar-refractivity contribution is -0.137. The van der Waals surface area contributed by atoms with Crippen LogP contribution in [0.4, 0.5) is 13.2 Å². The van der Waals surface area contributed by atoms with Gasteiger partial charge in [-0.2, -0.15) is 13.2 Å².